The third kappa shape index (κ3) is 4.15. The highest BCUT2D eigenvalue weighted by molar-refractivity contribution is 5.95. The molecule has 3 rings (SSSR count). The maximum absolute atomic E-state index is 11.6. The molecule has 1 amide bonds. The topological polar surface area (TPSA) is 116 Å². The fraction of sp³-hybridized carbons (Fsp3) is 0.0556. The van der Waals surface area contributed by atoms with E-state index in [2.05, 4.69) is 21.9 Å². The van der Waals surface area contributed by atoms with Crippen molar-refractivity contribution in [2.75, 3.05) is 5.32 Å². The molecule has 0 unspecified atom stereocenters. The molecule has 0 saturated carbocycles. The van der Waals surface area contributed by atoms with Gasteiger partial charge in [0, 0.05) is 17.5 Å². The van der Waals surface area contributed by atoms with E-state index >= 15 is 0 Å². The van der Waals surface area contributed by atoms with Crippen molar-refractivity contribution in [1.29, 1.82) is 0 Å². The molecule has 136 valence electrons. The third-order valence-corrected chi connectivity index (χ3v) is 3.41. The first-order valence-electron chi connectivity index (χ1n) is 7.74. The lowest BCUT2D eigenvalue weighted by Crippen LogP contribution is -2.13. The number of hydrogen-bond donors (Lipinski definition) is 1. The Labute approximate surface area is 153 Å². The second-order valence-electron chi connectivity index (χ2n) is 5.45. The summed E-state index contributed by atoms with van der Waals surface area (Å²) in [4.78, 5) is 30.2. The summed E-state index contributed by atoms with van der Waals surface area (Å²) < 4.78 is 10.5. The van der Waals surface area contributed by atoms with Crippen LogP contribution in [0.5, 0.6) is 11.6 Å². The maximum Gasteiger partial charge on any atom is 0.417 e. The Bertz CT molecular complexity index is 1050. The second-order valence-corrected chi connectivity index (χ2v) is 5.45. The molecule has 0 atom stereocenters. The van der Waals surface area contributed by atoms with Crippen molar-refractivity contribution in [3.05, 3.63) is 71.2 Å². The molecule has 0 saturated heterocycles. The fourth-order valence-corrected chi connectivity index (χ4v) is 2.37. The maximum atomic E-state index is 11.6. The Morgan fingerprint density at radius 2 is 1.93 bits per heavy atom. The van der Waals surface area contributed by atoms with Gasteiger partial charge in [0.15, 0.2) is 0 Å². The minimum atomic E-state index is -0.743. The number of hydrogen-bond acceptors (Lipinski definition) is 7. The Balaban J connectivity index is 1.89. The van der Waals surface area contributed by atoms with E-state index < -0.39 is 11.0 Å². The van der Waals surface area contributed by atoms with Gasteiger partial charge in [0.2, 0.25) is 5.88 Å². The van der Waals surface area contributed by atoms with E-state index in [1.165, 1.54) is 31.5 Å². The molecule has 0 spiro atoms. The quantitative estimate of drug-likeness (QED) is 0.404. The molecule has 1 heterocycles. The summed E-state index contributed by atoms with van der Waals surface area (Å²) in [6, 6.07) is 11.1. The van der Waals surface area contributed by atoms with Crippen LogP contribution in [0.3, 0.4) is 0 Å². The number of carbonyl (C=O) groups excluding carboxylic acids is 1. The van der Waals surface area contributed by atoms with Gasteiger partial charge < -0.3 is 9.47 Å². The van der Waals surface area contributed by atoms with Crippen molar-refractivity contribution in [3.8, 4) is 11.6 Å². The minimum Gasteiger partial charge on any atom is -0.438 e. The molecular formula is C18H14N4O5. The zero-order chi connectivity index (χ0) is 19.4. The number of rotatable bonds is 5. The zero-order valence-corrected chi connectivity index (χ0v) is 14.2. The van der Waals surface area contributed by atoms with Gasteiger partial charge in [0.25, 0.3) is 5.69 Å². The van der Waals surface area contributed by atoms with Crippen molar-refractivity contribution in [3.63, 3.8) is 0 Å². The average molecular weight is 366 g/mol. The lowest BCUT2D eigenvalue weighted by molar-refractivity contribution is -0.383. The van der Waals surface area contributed by atoms with Crippen LogP contribution >= 0.6 is 0 Å². The van der Waals surface area contributed by atoms with Crippen molar-refractivity contribution in [1.82, 2.24) is 9.97 Å². The van der Waals surface area contributed by atoms with E-state index in [4.69, 9.17) is 9.47 Å². The summed E-state index contributed by atoms with van der Waals surface area (Å²) in [6.07, 6.45) is 0.465. The van der Waals surface area contributed by atoms with Gasteiger partial charge in [0.1, 0.15) is 17.9 Å². The van der Waals surface area contributed by atoms with Crippen LogP contribution < -0.4 is 10.1 Å². The number of amides is 1. The monoisotopic (exact) mass is 366 g/mol. The van der Waals surface area contributed by atoms with E-state index in [1.807, 2.05) is 0 Å². The van der Waals surface area contributed by atoms with Crippen molar-refractivity contribution in [2.24, 2.45) is 0 Å². The molecule has 0 radical (unpaired) electrons. The lowest BCUT2D eigenvalue weighted by atomic mass is 10.1. The normalized spacial score (nSPS) is 10.3. The summed E-state index contributed by atoms with van der Waals surface area (Å²) >= 11 is 0. The second kappa shape index (κ2) is 7.48. The molecule has 3 aromatic rings. The van der Waals surface area contributed by atoms with Gasteiger partial charge in [-0.1, -0.05) is 24.8 Å². The summed E-state index contributed by atoms with van der Waals surface area (Å²) in [5.41, 5.74) is -0.0227. The van der Waals surface area contributed by atoms with Gasteiger partial charge in [-0.3, -0.25) is 15.4 Å². The van der Waals surface area contributed by atoms with Gasteiger partial charge in [-0.2, -0.15) is 0 Å². The van der Waals surface area contributed by atoms with E-state index in [-0.39, 0.29) is 23.1 Å². The molecule has 0 aliphatic rings. The average Bonchev–Trinajstić information content (AvgIpc) is 2.61. The zero-order valence-electron chi connectivity index (χ0n) is 14.2. The number of fused-ring (bicyclic) bond motifs is 1. The van der Waals surface area contributed by atoms with Crippen LogP contribution in [0.25, 0.3) is 10.8 Å². The Morgan fingerprint density at radius 3 is 2.63 bits per heavy atom. The Morgan fingerprint density at radius 1 is 1.19 bits per heavy atom. The van der Waals surface area contributed by atoms with Crippen LogP contribution in [0.4, 0.5) is 16.3 Å². The molecule has 0 bridgehead atoms. The molecule has 27 heavy (non-hydrogen) atoms. The molecule has 9 heteroatoms. The highest BCUT2D eigenvalue weighted by Crippen LogP contribution is 2.34. The number of aromatic nitrogens is 2. The van der Waals surface area contributed by atoms with E-state index in [9.17, 15) is 14.9 Å². The summed E-state index contributed by atoms with van der Waals surface area (Å²) in [5.74, 6) is 0.924. The highest BCUT2D eigenvalue weighted by atomic mass is 16.6. The number of nitro groups is 1. The van der Waals surface area contributed by atoms with Gasteiger partial charge in [-0.05, 0) is 19.1 Å². The fourth-order valence-electron chi connectivity index (χ4n) is 2.37. The number of nitrogens with one attached hydrogen (secondary N) is 1. The van der Waals surface area contributed by atoms with Gasteiger partial charge in [-0.25, -0.2) is 14.8 Å². The Kier molecular flexibility index (Phi) is 4.93. The standard InChI is InChI=1S/C18H14N4O5/c1-11(2)26-18(23)21-16-9-17(20-10-19-16)27-15-8-7-14(22(24)25)12-5-3-4-6-13(12)15/h3-10H,1H2,2H3,(H,19,20,21,23). The Hall–Kier alpha value is -4.01. The summed E-state index contributed by atoms with van der Waals surface area (Å²) in [6.45, 7) is 5.01. The number of allylic oxidation sites excluding steroid dienone is 1. The van der Waals surface area contributed by atoms with Gasteiger partial charge >= 0.3 is 6.09 Å². The van der Waals surface area contributed by atoms with Gasteiger partial charge in [0.05, 0.1) is 16.1 Å². The smallest absolute Gasteiger partial charge is 0.417 e. The predicted octanol–water partition coefficient (Wildman–Crippen LogP) is 4.41. The van der Waals surface area contributed by atoms with Crippen LogP contribution in [-0.4, -0.2) is 21.0 Å². The number of ether oxygens (including phenoxy) is 2. The van der Waals surface area contributed by atoms with E-state index in [0.29, 0.717) is 16.5 Å². The lowest BCUT2D eigenvalue weighted by Gasteiger charge is -2.10. The van der Waals surface area contributed by atoms with Crippen LogP contribution in [0.15, 0.2) is 61.1 Å². The molecule has 0 aliphatic heterocycles. The third-order valence-electron chi connectivity index (χ3n) is 3.41. The van der Waals surface area contributed by atoms with Crippen LogP contribution in [0.1, 0.15) is 6.92 Å². The van der Waals surface area contributed by atoms with Crippen molar-refractivity contribution < 1.29 is 19.2 Å². The van der Waals surface area contributed by atoms with Crippen LogP contribution in [0, 0.1) is 10.1 Å². The molecule has 1 N–H and O–H groups in total. The number of nitrogens with zero attached hydrogens (tertiary/aromatic N) is 3. The molecule has 2 aromatic carbocycles. The van der Waals surface area contributed by atoms with E-state index in [1.54, 1.807) is 24.3 Å². The van der Waals surface area contributed by atoms with Crippen LogP contribution in [0.2, 0.25) is 0 Å². The number of non-ortho nitro benzene ring substituents is 1. The molecule has 0 aliphatic carbocycles. The molecule has 9 nitrogen and oxygen atoms in total. The molecular weight excluding hydrogens is 352 g/mol. The van der Waals surface area contributed by atoms with E-state index in [0.717, 1.165) is 0 Å². The minimum absolute atomic E-state index is 0.0227. The SMILES string of the molecule is C=C(C)OC(=O)Nc1cc(Oc2ccc([N+](=O)[O-])c3ccccc23)ncn1. The summed E-state index contributed by atoms with van der Waals surface area (Å²) in [7, 11) is 0. The first-order chi connectivity index (χ1) is 12.9. The van der Waals surface area contributed by atoms with Crippen LogP contribution in [-0.2, 0) is 4.74 Å². The first-order valence-corrected chi connectivity index (χ1v) is 7.74. The first kappa shape index (κ1) is 17.8. The number of benzene rings is 2. The molecule has 1 aromatic heterocycles. The summed E-state index contributed by atoms with van der Waals surface area (Å²) in [5, 5.41) is 14.6. The molecule has 0 fully saturated rings. The van der Waals surface area contributed by atoms with Gasteiger partial charge in [-0.15, -0.1) is 0 Å². The van der Waals surface area contributed by atoms with Crippen molar-refractivity contribution >= 4 is 28.4 Å². The number of carbonyl (C=O) groups is 1. The number of anilines is 1. The number of nitro benzene ring substituents is 1. The van der Waals surface area contributed by atoms with Crippen molar-refractivity contribution in [2.45, 2.75) is 6.92 Å². The largest absolute Gasteiger partial charge is 0.438 e. The highest BCUT2D eigenvalue weighted by Gasteiger charge is 2.15. The predicted molar refractivity (Wildman–Crippen MR) is 97.6 cm³/mol.